The number of hydrogen-bond donors (Lipinski definition) is 20. The van der Waals surface area contributed by atoms with Crippen LogP contribution in [-0.4, -0.2) is 258 Å². The number of esters is 1. The van der Waals surface area contributed by atoms with Crippen molar-refractivity contribution in [1.29, 1.82) is 0 Å². The van der Waals surface area contributed by atoms with Crippen LogP contribution >= 0.6 is 21.6 Å². The fourth-order valence-electron chi connectivity index (χ4n) is 14.7. The summed E-state index contributed by atoms with van der Waals surface area (Å²) < 4.78 is 13.1. The molecule has 3 aliphatic rings. The highest BCUT2D eigenvalue weighted by Gasteiger charge is 2.52. The number of benzene rings is 4. The second-order valence-electron chi connectivity index (χ2n) is 30.9. The normalized spacial score (nSPS) is 20.3. The number of nitrogens with two attached hydrogens (primary N) is 2. The van der Waals surface area contributed by atoms with Crippen molar-refractivity contribution in [3.8, 4) is 17.1 Å². The van der Waals surface area contributed by atoms with Crippen LogP contribution in [0.4, 0.5) is 4.79 Å². The van der Waals surface area contributed by atoms with Crippen LogP contribution in [0.5, 0.6) is 5.75 Å². The number of pyridine rings is 2. The summed E-state index contributed by atoms with van der Waals surface area (Å²) in [4.78, 5) is 226. The third-order valence-electron chi connectivity index (χ3n) is 21.7. The maximum absolute atomic E-state index is 15.3. The molecule has 0 spiro atoms. The lowest BCUT2D eigenvalue weighted by Gasteiger charge is -2.37. The van der Waals surface area contributed by atoms with E-state index in [4.69, 9.17) is 25.9 Å². The molecule has 7 aromatic rings. The molecule has 40 nitrogen and oxygen atoms in total. The van der Waals surface area contributed by atoms with Gasteiger partial charge in [-0.15, -0.1) is 0 Å². The zero-order valence-corrected chi connectivity index (χ0v) is 71.9. The number of hydrogen-bond acceptors (Lipinski definition) is 27. The quantitative estimate of drug-likeness (QED) is 0.0113. The van der Waals surface area contributed by atoms with Gasteiger partial charge in [-0.05, 0) is 106 Å². The molecule has 14 atom stereocenters. The smallest absolute Gasteiger partial charge is 0.412 e. The fraction of sp³-hybridized carbons (Fsp3) is 0.435. The van der Waals surface area contributed by atoms with Gasteiger partial charge in [-0.3, -0.25) is 67.2 Å². The van der Waals surface area contributed by atoms with E-state index in [1.165, 1.54) is 42.8 Å². The molecule has 1 unspecified atom stereocenters. The number of aromatic amines is 1. The van der Waals surface area contributed by atoms with Gasteiger partial charge < -0.3 is 120 Å². The number of carbonyl (C=O) groups excluding carboxylic acids is 14. The van der Waals surface area contributed by atoms with Crippen LogP contribution in [-0.2, 0) is 110 Å². The molecule has 3 aliphatic heterocycles. The van der Waals surface area contributed by atoms with Crippen LogP contribution in [0.2, 0.25) is 0 Å². The van der Waals surface area contributed by atoms with Gasteiger partial charge >= 0.3 is 12.1 Å². The molecular weight excluding hydrogens is 1690 g/mol. The summed E-state index contributed by atoms with van der Waals surface area (Å²) in [6, 6.07) is 12.5. The molecule has 0 aliphatic carbocycles. The zero-order valence-electron chi connectivity index (χ0n) is 70.3. The van der Waals surface area contributed by atoms with Crippen LogP contribution in [0.15, 0.2) is 126 Å². The van der Waals surface area contributed by atoms with Crippen molar-refractivity contribution in [2.24, 2.45) is 11.5 Å². The minimum atomic E-state index is -2.22. The van der Waals surface area contributed by atoms with Gasteiger partial charge in [0.2, 0.25) is 76.5 Å². The van der Waals surface area contributed by atoms with E-state index in [0.717, 1.165) is 51.3 Å². The van der Waals surface area contributed by atoms with Crippen LogP contribution in [0.1, 0.15) is 99.6 Å². The lowest BCUT2D eigenvalue weighted by molar-refractivity contribution is -0.173. The first-order chi connectivity index (χ1) is 60.8. The Hall–Kier alpha value is -12.6. The van der Waals surface area contributed by atoms with Gasteiger partial charge in [-0.2, -0.15) is 0 Å². The number of amides is 13. The minimum Gasteiger partial charge on any atom is -0.508 e. The molecule has 1 saturated heterocycles. The van der Waals surface area contributed by atoms with Gasteiger partial charge in [0.15, 0.2) is 0 Å². The van der Waals surface area contributed by atoms with Crippen molar-refractivity contribution < 1.29 is 102 Å². The molecule has 6 heterocycles. The largest absolute Gasteiger partial charge is 0.508 e. The number of aliphatic hydroxyl groups is 4. The predicted molar refractivity (Wildman–Crippen MR) is 464 cm³/mol. The number of ether oxygens (including phenoxy) is 2. The second kappa shape index (κ2) is 45.0. The van der Waals surface area contributed by atoms with E-state index in [9.17, 15) is 87.9 Å². The van der Waals surface area contributed by atoms with E-state index in [0.29, 0.717) is 50.9 Å². The van der Waals surface area contributed by atoms with Crippen LogP contribution in [0.3, 0.4) is 0 Å². The van der Waals surface area contributed by atoms with Gasteiger partial charge in [0.25, 0.3) is 5.56 Å². The van der Waals surface area contributed by atoms with E-state index in [2.05, 4.69) is 68.8 Å². The molecule has 0 bridgehead atoms. The lowest BCUT2D eigenvalue weighted by atomic mass is 9.85. The lowest BCUT2D eigenvalue weighted by Crippen LogP contribution is -2.63. The number of para-hydroxylation sites is 2. The summed E-state index contributed by atoms with van der Waals surface area (Å²) in [5.74, 6) is -15.4. The molecule has 127 heavy (non-hydrogen) atoms. The molecule has 10 rings (SSSR count). The van der Waals surface area contributed by atoms with Crippen molar-refractivity contribution in [3.63, 3.8) is 0 Å². The molecule has 680 valence electrons. The average Bonchev–Trinajstić information content (AvgIpc) is 1.64. The predicted octanol–water partition coefficient (Wildman–Crippen LogP) is -2.49. The summed E-state index contributed by atoms with van der Waals surface area (Å²) in [6.07, 6.45) is -3.62. The first-order valence-corrected chi connectivity index (χ1v) is 43.8. The number of fused-ring (bicyclic) bond motifs is 6. The number of H-pyrrole nitrogens is 1. The molecule has 22 N–H and O–H groups in total. The number of cyclic esters (lactones) is 1. The zero-order chi connectivity index (χ0) is 91.9. The van der Waals surface area contributed by atoms with Gasteiger partial charge in [0, 0.05) is 64.4 Å². The van der Waals surface area contributed by atoms with Crippen molar-refractivity contribution in [2.75, 3.05) is 51.5 Å². The number of unbranched alkanes of at least 4 members (excludes halogenated alkanes) is 1. The number of phenols is 1. The standard InChI is InChI=1S/C85H106N18O22S2/c1-6-8-21-57(93-77(116)62(38-104)90-67(109)37-102(43-88-5)84(123)125-85(7-2)54-34-66-70-50(32-48-19-12-14-22-55(48)91-70)36-103(66)82(121)53(54)40-124-83(85)122)72(111)94-60(31-47-25-27-51(108)28-26-47)75(114)97-63(39-105)78(117)98-64-41-126-127-42-65(80(119)100-68(44(3)106)71(87)110)99-81(120)69(45(4)107)101-73(112)58(24-16-29-86)92-76(115)61(33-49-35-89-56-23-15-13-20-52(49)56)96-74(113)59(95-79(64)118)30-46-17-10-9-11-18-46/h9-15,17-20,22-23,25-28,32,34-35,44-45,57-65,68-69,88-89,104-108H,6-8,16,21,24,29-31,33,36-43,86H2,1-5H3,(H2,87,110)(H,90,109)(H,92,115)(H,93,116)(H,94,111)(H,95,118)(H,96,113)(H,97,114)(H,98,117)(H,99,120)(H,100,119)(H,101,112)/t44?,45-,57+,58+,59+,60-,61-,62-,63-,64-,65-,68+,69+,85+/m1/s1. The first kappa shape index (κ1) is 96.6. The number of carbonyl (C=O) groups is 14. The van der Waals surface area contributed by atoms with E-state index >= 15 is 9.59 Å². The molecule has 1 fully saturated rings. The number of primary amides is 1. The molecule has 4 aromatic carbocycles. The molecule has 0 saturated carbocycles. The third kappa shape index (κ3) is 24.6. The van der Waals surface area contributed by atoms with Crippen LogP contribution in [0.25, 0.3) is 33.2 Å². The molecular formula is C85H106N18O22S2. The highest BCUT2D eigenvalue weighted by atomic mass is 33.1. The Morgan fingerprint density at radius 3 is 2.00 bits per heavy atom. The maximum atomic E-state index is 15.3. The van der Waals surface area contributed by atoms with E-state index < -0.39 is 224 Å². The summed E-state index contributed by atoms with van der Waals surface area (Å²) in [5, 5.41) is 85.6. The Labute approximate surface area is 736 Å². The van der Waals surface area contributed by atoms with Crippen molar-refractivity contribution in [2.45, 2.75) is 183 Å². The maximum Gasteiger partial charge on any atom is 0.412 e. The van der Waals surface area contributed by atoms with Gasteiger partial charge in [-0.1, -0.05) is 127 Å². The van der Waals surface area contributed by atoms with Crippen molar-refractivity contribution >= 4 is 126 Å². The number of phenolic OH excluding ortho intramolecular Hbond substituents is 1. The highest BCUT2D eigenvalue weighted by Crippen LogP contribution is 2.42. The molecule has 3 aromatic heterocycles. The average molecular weight is 1800 g/mol. The first-order valence-electron chi connectivity index (χ1n) is 41.3. The Bertz CT molecular complexity index is 5260. The Morgan fingerprint density at radius 1 is 0.693 bits per heavy atom. The summed E-state index contributed by atoms with van der Waals surface area (Å²) >= 11 is 0. The Balaban J connectivity index is 0.890. The SMILES string of the molecule is CCCC[C@H](NC(=O)[C@@H](CO)NC(=O)CN(CNC)C(=O)O[C@]1(CC)C(=O)OCc2c1cc1n(c2=O)Cc2cc3ccccc3nc2-1)C(=O)N[C@H](Cc1ccc(O)cc1)C(=O)N[C@H](CO)C(=O)N[C@@H]1CSSC[C@H](C(=O)N[C@H](C(N)=O)C(C)O)NC(=O)[C@H]([C@@H](C)O)NC(=O)[C@H](CCCN)NC(=O)[C@@H](Cc2c[nH]c3ccccc23)NC(=O)[C@H](Cc2ccccc2)NC1=O. The summed E-state index contributed by atoms with van der Waals surface area (Å²) in [5.41, 5.74) is 13.0. The third-order valence-corrected chi connectivity index (χ3v) is 24.1. The van der Waals surface area contributed by atoms with E-state index in [1.54, 1.807) is 73.8 Å². The van der Waals surface area contributed by atoms with Crippen molar-refractivity contribution in [3.05, 3.63) is 165 Å². The highest BCUT2D eigenvalue weighted by molar-refractivity contribution is 8.76. The Morgan fingerprint density at radius 2 is 1.32 bits per heavy atom. The summed E-state index contributed by atoms with van der Waals surface area (Å²) in [7, 11) is 2.98. The number of aliphatic hydroxyl groups excluding tert-OH is 4. The number of nitrogens with one attached hydrogen (secondary N) is 13. The summed E-state index contributed by atoms with van der Waals surface area (Å²) in [6.45, 7) is 1.74. The Kier molecular flexibility index (Phi) is 34.3. The van der Waals surface area contributed by atoms with Crippen LogP contribution < -0.4 is 80.8 Å². The van der Waals surface area contributed by atoms with E-state index in [-0.39, 0.29) is 74.9 Å². The second-order valence-corrected chi connectivity index (χ2v) is 33.5. The van der Waals surface area contributed by atoms with Gasteiger partial charge in [0.1, 0.15) is 85.4 Å². The van der Waals surface area contributed by atoms with Gasteiger partial charge in [-0.25, -0.2) is 14.6 Å². The number of aromatic hydroxyl groups is 1. The van der Waals surface area contributed by atoms with E-state index in [1.807, 2.05) is 30.3 Å². The van der Waals surface area contributed by atoms with Gasteiger partial charge in [0.05, 0.1) is 61.1 Å². The molecule has 13 amide bonds. The number of aromatic nitrogens is 3. The topological polar surface area (TPSA) is 609 Å². The molecule has 0 radical (unpaired) electrons. The number of rotatable bonds is 34. The van der Waals surface area contributed by atoms with Crippen molar-refractivity contribution in [1.82, 2.24) is 83.2 Å². The fourth-order valence-corrected chi connectivity index (χ4v) is 17.0. The molecule has 42 heteroatoms. The monoisotopic (exact) mass is 1790 g/mol. The van der Waals surface area contributed by atoms with Crippen LogP contribution in [0, 0.1) is 0 Å². The number of nitrogens with zero attached hydrogens (tertiary/aromatic N) is 3. The minimum absolute atomic E-state index is 0.00430.